The Hall–Kier alpha value is -3.81. The van der Waals surface area contributed by atoms with Gasteiger partial charge in [0.1, 0.15) is 11.5 Å². The fourth-order valence-corrected chi connectivity index (χ4v) is 4.41. The zero-order chi connectivity index (χ0) is 22.9. The van der Waals surface area contributed by atoms with Crippen molar-refractivity contribution in [3.05, 3.63) is 65.6 Å². The van der Waals surface area contributed by atoms with Gasteiger partial charge in [-0.15, -0.1) is 0 Å². The third-order valence-corrected chi connectivity index (χ3v) is 5.86. The van der Waals surface area contributed by atoms with Crippen LogP contribution in [0.15, 0.2) is 58.2 Å². The summed E-state index contributed by atoms with van der Waals surface area (Å²) in [6.07, 6.45) is 1.80. The summed E-state index contributed by atoms with van der Waals surface area (Å²) in [6.45, 7) is 2.50. The molecule has 0 aliphatic carbocycles. The molecule has 8 heteroatoms. The smallest absolute Gasteiger partial charge is 0.214 e. The minimum atomic E-state index is -0.537. The maximum absolute atomic E-state index is 6.57. The number of para-hydroxylation sites is 1. The number of benzene rings is 2. The van der Waals surface area contributed by atoms with Gasteiger partial charge in [0.25, 0.3) is 0 Å². The molecular weight excluding hydrogens is 424 g/mol. The standard InChI is InChI=1S/C25H26N2O6/c1-5-31-20-9-6-8-16-18-14-17(19-10-7-11-32-19)26-27(18)25(33-23(16)20)15-12-21(28-2)24(30-4)22(13-15)29-3/h6-13,18,25H,5,14H2,1-4H3/t18-,25+/m1/s1. The first-order valence-corrected chi connectivity index (χ1v) is 10.8. The summed E-state index contributed by atoms with van der Waals surface area (Å²) in [5.41, 5.74) is 2.70. The largest absolute Gasteiger partial charge is 0.493 e. The van der Waals surface area contributed by atoms with Crippen molar-refractivity contribution in [2.45, 2.75) is 25.6 Å². The van der Waals surface area contributed by atoms with Crippen molar-refractivity contribution in [3.63, 3.8) is 0 Å². The van der Waals surface area contributed by atoms with Gasteiger partial charge < -0.3 is 28.1 Å². The molecule has 0 saturated carbocycles. The van der Waals surface area contributed by atoms with Crippen molar-refractivity contribution in [3.8, 4) is 28.7 Å². The SMILES string of the molecule is CCOc1cccc2c1O[C@@H](c1cc(OC)c(OC)c(OC)c1)N1N=C(c3ccco3)C[C@H]21. The lowest BCUT2D eigenvalue weighted by molar-refractivity contribution is -0.0214. The number of rotatable bonds is 7. The Morgan fingerprint density at radius 2 is 1.79 bits per heavy atom. The van der Waals surface area contributed by atoms with Crippen LogP contribution >= 0.6 is 0 Å². The van der Waals surface area contributed by atoms with Gasteiger partial charge in [-0.05, 0) is 37.3 Å². The third kappa shape index (κ3) is 3.51. The molecule has 2 atom stereocenters. The van der Waals surface area contributed by atoms with Crippen molar-refractivity contribution in [1.29, 1.82) is 0 Å². The summed E-state index contributed by atoms with van der Waals surface area (Å²) < 4.78 is 34.8. The van der Waals surface area contributed by atoms with E-state index in [4.69, 9.17) is 33.2 Å². The van der Waals surface area contributed by atoms with Crippen molar-refractivity contribution in [2.75, 3.05) is 27.9 Å². The van der Waals surface area contributed by atoms with E-state index in [-0.39, 0.29) is 6.04 Å². The quantitative estimate of drug-likeness (QED) is 0.504. The Kier molecular flexibility index (Phi) is 5.50. The molecule has 2 aromatic carbocycles. The van der Waals surface area contributed by atoms with Crippen LogP contribution in [0.2, 0.25) is 0 Å². The number of methoxy groups -OCH3 is 3. The number of hydrogen-bond acceptors (Lipinski definition) is 8. The molecule has 0 saturated heterocycles. The van der Waals surface area contributed by atoms with Gasteiger partial charge in [0, 0.05) is 17.5 Å². The molecule has 5 rings (SSSR count). The summed E-state index contributed by atoms with van der Waals surface area (Å²) in [7, 11) is 4.77. The van der Waals surface area contributed by atoms with Gasteiger partial charge in [0.2, 0.25) is 12.0 Å². The van der Waals surface area contributed by atoms with E-state index in [1.54, 1.807) is 27.6 Å². The number of fused-ring (bicyclic) bond motifs is 3. The van der Waals surface area contributed by atoms with Gasteiger partial charge in [0.15, 0.2) is 23.0 Å². The first kappa shape index (κ1) is 21.1. The van der Waals surface area contributed by atoms with Crippen molar-refractivity contribution < 1.29 is 28.1 Å². The van der Waals surface area contributed by atoms with E-state index >= 15 is 0 Å². The summed E-state index contributed by atoms with van der Waals surface area (Å²) in [5, 5.41) is 6.88. The molecule has 8 nitrogen and oxygen atoms in total. The van der Waals surface area contributed by atoms with Crippen molar-refractivity contribution in [2.24, 2.45) is 5.10 Å². The molecule has 3 aromatic rings. The molecule has 0 unspecified atom stereocenters. The van der Waals surface area contributed by atoms with E-state index in [1.807, 2.05) is 48.3 Å². The lowest BCUT2D eigenvalue weighted by atomic mass is 9.97. The van der Waals surface area contributed by atoms with E-state index < -0.39 is 6.23 Å². The minimum absolute atomic E-state index is 0.0432. The van der Waals surface area contributed by atoms with Crippen LogP contribution in [0, 0.1) is 0 Å². The fourth-order valence-electron chi connectivity index (χ4n) is 4.41. The summed E-state index contributed by atoms with van der Waals surface area (Å²) in [6, 6.07) is 13.5. The molecule has 1 aromatic heterocycles. The van der Waals surface area contributed by atoms with Gasteiger partial charge >= 0.3 is 0 Å². The zero-order valence-electron chi connectivity index (χ0n) is 19.0. The Labute approximate surface area is 192 Å². The molecule has 2 aliphatic heterocycles. The van der Waals surface area contributed by atoms with Crippen LogP contribution in [0.4, 0.5) is 0 Å². The molecule has 3 heterocycles. The van der Waals surface area contributed by atoms with Crippen LogP contribution < -0.4 is 23.7 Å². The summed E-state index contributed by atoms with van der Waals surface area (Å²) in [5.74, 6) is 3.78. The number of ether oxygens (including phenoxy) is 5. The van der Waals surface area contributed by atoms with E-state index in [1.165, 1.54) is 0 Å². The van der Waals surface area contributed by atoms with E-state index in [0.29, 0.717) is 36.0 Å². The van der Waals surface area contributed by atoms with Crippen molar-refractivity contribution >= 4 is 5.71 Å². The average Bonchev–Trinajstić information content (AvgIpc) is 3.53. The Morgan fingerprint density at radius 1 is 1.00 bits per heavy atom. The van der Waals surface area contributed by atoms with Crippen LogP contribution in [0.1, 0.15) is 42.5 Å². The van der Waals surface area contributed by atoms with Crippen LogP contribution in [-0.4, -0.2) is 38.7 Å². The molecule has 33 heavy (non-hydrogen) atoms. The zero-order valence-corrected chi connectivity index (χ0v) is 19.0. The van der Waals surface area contributed by atoms with Gasteiger partial charge in [-0.25, -0.2) is 5.01 Å². The monoisotopic (exact) mass is 450 g/mol. The lowest BCUT2D eigenvalue weighted by Crippen LogP contribution is -2.34. The van der Waals surface area contributed by atoms with Crippen molar-refractivity contribution in [1.82, 2.24) is 5.01 Å². The molecule has 172 valence electrons. The maximum Gasteiger partial charge on any atom is 0.214 e. The topological polar surface area (TPSA) is 74.9 Å². The highest BCUT2D eigenvalue weighted by molar-refractivity contribution is 5.99. The van der Waals surface area contributed by atoms with Gasteiger partial charge in [-0.2, -0.15) is 5.10 Å². The number of nitrogens with zero attached hydrogens (tertiary/aromatic N) is 2. The number of hydrogen-bond donors (Lipinski definition) is 0. The highest BCUT2D eigenvalue weighted by atomic mass is 16.5. The molecule has 0 N–H and O–H groups in total. The Morgan fingerprint density at radius 3 is 2.42 bits per heavy atom. The Bertz CT molecular complexity index is 1150. The minimum Gasteiger partial charge on any atom is -0.493 e. The second-order valence-electron chi connectivity index (χ2n) is 7.66. The van der Waals surface area contributed by atoms with Gasteiger partial charge in [-0.3, -0.25) is 0 Å². The highest BCUT2D eigenvalue weighted by Gasteiger charge is 2.43. The van der Waals surface area contributed by atoms with E-state index in [0.717, 1.165) is 28.3 Å². The maximum atomic E-state index is 6.57. The second kappa shape index (κ2) is 8.61. The van der Waals surface area contributed by atoms with Crippen LogP contribution in [0.3, 0.4) is 0 Å². The Balaban J connectivity index is 1.65. The predicted octanol–water partition coefficient (Wildman–Crippen LogP) is 4.95. The molecule has 0 radical (unpaired) electrons. The van der Waals surface area contributed by atoms with Crippen LogP contribution in [-0.2, 0) is 0 Å². The lowest BCUT2D eigenvalue weighted by Gasteiger charge is -2.39. The molecule has 2 aliphatic rings. The average molecular weight is 450 g/mol. The third-order valence-electron chi connectivity index (χ3n) is 5.86. The second-order valence-corrected chi connectivity index (χ2v) is 7.66. The molecule has 0 spiro atoms. The van der Waals surface area contributed by atoms with E-state index in [9.17, 15) is 0 Å². The molecular formula is C25H26N2O6. The highest BCUT2D eigenvalue weighted by Crippen LogP contribution is 2.52. The molecule has 0 amide bonds. The first-order valence-electron chi connectivity index (χ1n) is 10.8. The number of furan rings is 1. The molecule has 0 bridgehead atoms. The van der Waals surface area contributed by atoms with Crippen LogP contribution in [0.25, 0.3) is 0 Å². The fraction of sp³-hybridized carbons (Fsp3) is 0.320. The number of hydrazone groups is 1. The van der Waals surface area contributed by atoms with Gasteiger partial charge in [0.05, 0.1) is 40.2 Å². The van der Waals surface area contributed by atoms with Crippen LogP contribution in [0.5, 0.6) is 28.7 Å². The first-order chi connectivity index (χ1) is 16.2. The van der Waals surface area contributed by atoms with E-state index in [2.05, 4.69) is 6.07 Å². The molecule has 0 fully saturated rings. The summed E-state index contributed by atoms with van der Waals surface area (Å²) in [4.78, 5) is 0. The predicted molar refractivity (Wildman–Crippen MR) is 122 cm³/mol. The summed E-state index contributed by atoms with van der Waals surface area (Å²) >= 11 is 0. The normalized spacial score (nSPS) is 18.7. The van der Waals surface area contributed by atoms with Gasteiger partial charge in [-0.1, -0.05) is 12.1 Å².